The summed E-state index contributed by atoms with van der Waals surface area (Å²) < 4.78 is 6.32. The van der Waals surface area contributed by atoms with Gasteiger partial charge >= 0.3 is 0 Å². The highest BCUT2D eigenvalue weighted by Crippen LogP contribution is 2.34. The van der Waals surface area contributed by atoms with Gasteiger partial charge in [-0.3, -0.25) is 0 Å². The van der Waals surface area contributed by atoms with Crippen LogP contribution < -0.4 is 0 Å². The van der Waals surface area contributed by atoms with Gasteiger partial charge in [-0.15, -0.1) is 0 Å². The highest BCUT2D eigenvalue weighted by atomic mass is 28.4. The molecule has 1 heterocycles. The van der Waals surface area contributed by atoms with Crippen molar-refractivity contribution in [3.8, 4) is 0 Å². The monoisotopic (exact) mass is 270 g/mol. The van der Waals surface area contributed by atoms with Crippen molar-refractivity contribution in [2.45, 2.75) is 96.2 Å². The van der Waals surface area contributed by atoms with E-state index in [9.17, 15) is 0 Å². The quantitative estimate of drug-likeness (QED) is 0.335. The van der Waals surface area contributed by atoms with Gasteiger partial charge in [0, 0.05) is 6.61 Å². The van der Waals surface area contributed by atoms with Gasteiger partial charge in [-0.05, 0) is 24.6 Å². The molecule has 2 heteroatoms. The Labute approximate surface area is 116 Å². The summed E-state index contributed by atoms with van der Waals surface area (Å²) in [4.78, 5) is 0. The summed E-state index contributed by atoms with van der Waals surface area (Å²) in [6, 6.07) is 4.24. The summed E-state index contributed by atoms with van der Waals surface area (Å²) in [5.74, 6) is 0. The average molecular weight is 271 g/mol. The molecule has 1 aliphatic heterocycles. The van der Waals surface area contributed by atoms with E-state index < -0.39 is 8.32 Å². The Balaban J connectivity index is 1.89. The molecule has 1 fully saturated rings. The first kappa shape index (κ1) is 16.2. The second kappa shape index (κ2) is 10.0. The normalized spacial score (nSPS) is 18.3. The van der Waals surface area contributed by atoms with E-state index in [-0.39, 0.29) is 0 Å². The Morgan fingerprint density at radius 2 is 1.33 bits per heavy atom. The zero-order valence-electron chi connectivity index (χ0n) is 12.8. The molecular weight excluding hydrogens is 236 g/mol. The molecule has 108 valence electrons. The van der Waals surface area contributed by atoms with E-state index in [1.54, 1.807) is 0 Å². The smallest absolute Gasteiger partial charge is 0.192 e. The largest absolute Gasteiger partial charge is 0.417 e. The van der Waals surface area contributed by atoms with Crippen LogP contribution in [0.1, 0.15) is 78.1 Å². The van der Waals surface area contributed by atoms with Gasteiger partial charge < -0.3 is 4.43 Å². The topological polar surface area (TPSA) is 9.23 Å². The molecule has 0 radical (unpaired) electrons. The molecule has 0 amide bonds. The van der Waals surface area contributed by atoms with Gasteiger partial charge in [0.2, 0.25) is 0 Å². The molecule has 0 aromatic carbocycles. The van der Waals surface area contributed by atoms with Crippen molar-refractivity contribution in [3.05, 3.63) is 0 Å². The average Bonchev–Trinajstić information content (AvgIpc) is 2.86. The molecule has 18 heavy (non-hydrogen) atoms. The zero-order chi connectivity index (χ0) is 13.1. The van der Waals surface area contributed by atoms with Crippen LogP contribution >= 0.6 is 0 Å². The van der Waals surface area contributed by atoms with E-state index in [1.165, 1.54) is 82.3 Å². The fraction of sp³-hybridized carbons (Fsp3) is 1.00. The van der Waals surface area contributed by atoms with Crippen molar-refractivity contribution < 1.29 is 4.43 Å². The van der Waals surface area contributed by atoms with Crippen LogP contribution in [-0.2, 0) is 4.43 Å². The lowest BCUT2D eigenvalue weighted by Gasteiger charge is -2.25. The number of hydrogen-bond donors (Lipinski definition) is 0. The van der Waals surface area contributed by atoms with Crippen molar-refractivity contribution in [1.29, 1.82) is 0 Å². The van der Waals surface area contributed by atoms with Crippen molar-refractivity contribution >= 4 is 8.32 Å². The maximum absolute atomic E-state index is 6.32. The molecule has 0 aliphatic carbocycles. The molecule has 0 unspecified atom stereocenters. The van der Waals surface area contributed by atoms with Crippen molar-refractivity contribution in [1.82, 2.24) is 0 Å². The van der Waals surface area contributed by atoms with Gasteiger partial charge in [0.25, 0.3) is 0 Å². The van der Waals surface area contributed by atoms with Crippen LogP contribution in [0, 0.1) is 0 Å². The second-order valence-corrected chi connectivity index (χ2v) is 10.4. The van der Waals surface area contributed by atoms with Gasteiger partial charge in [0.05, 0.1) is 0 Å². The SMILES string of the molecule is CCCCCCCCCCO[Si]1(CC)CCCC1. The van der Waals surface area contributed by atoms with Crippen LogP contribution in [0.15, 0.2) is 0 Å². The minimum Gasteiger partial charge on any atom is -0.417 e. The lowest BCUT2D eigenvalue weighted by molar-refractivity contribution is 0.290. The number of unbranched alkanes of at least 4 members (excludes halogenated alkanes) is 7. The molecule has 0 bridgehead atoms. The zero-order valence-corrected chi connectivity index (χ0v) is 13.8. The molecule has 0 atom stereocenters. The Morgan fingerprint density at radius 1 is 0.778 bits per heavy atom. The maximum atomic E-state index is 6.32. The van der Waals surface area contributed by atoms with Crippen molar-refractivity contribution in [3.63, 3.8) is 0 Å². The van der Waals surface area contributed by atoms with Crippen molar-refractivity contribution in [2.75, 3.05) is 6.61 Å². The molecule has 0 saturated carbocycles. The van der Waals surface area contributed by atoms with E-state index in [4.69, 9.17) is 4.43 Å². The Hall–Kier alpha value is 0.177. The number of hydrogen-bond acceptors (Lipinski definition) is 1. The Kier molecular flexibility index (Phi) is 9.04. The fourth-order valence-corrected chi connectivity index (χ4v) is 6.96. The van der Waals surface area contributed by atoms with E-state index in [2.05, 4.69) is 13.8 Å². The summed E-state index contributed by atoms with van der Waals surface area (Å²) in [7, 11) is -1.19. The van der Waals surface area contributed by atoms with E-state index >= 15 is 0 Å². The standard InChI is InChI=1S/C16H34OSi/c1-3-5-6-7-8-9-10-11-14-17-18(4-2)15-12-13-16-18/h3-16H2,1-2H3. The van der Waals surface area contributed by atoms with Crippen LogP contribution in [0.5, 0.6) is 0 Å². The predicted octanol–water partition coefficient (Wildman–Crippen LogP) is 5.90. The van der Waals surface area contributed by atoms with Gasteiger partial charge in [-0.25, -0.2) is 0 Å². The first-order valence-electron chi connectivity index (χ1n) is 8.47. The summed E-state index contributed by atoms with van der Waals surface area (Å²) in [6.45, 7) is 5.70. The summed E-state index contributed by atoms with van der Waals surface area (Å²) in [6.07, 6.45) is 14.1. The minimum absolute atomic E-state index is 1.06. The first-order chi connectivity index (χ1) is 8.83. The molecule has 1 rings (SSSR count). The molecule has 0 aromatic rings. The molecule has 1 aliphatic rings. The molecule has 0 N–H and O–H groups in total. The van der Waals surface area contributed by atoms with Crippen LogP contribution in [0.3, 0.4) is 0 Å². The predicted molar refractivity (Wildman–Crippen MR) is 83.6 cm³/mol. The van der Waals surface area contributed by atoms with Gasteiger partial charge in [-0.2, -0.15) is 0 Å². The second-order valence-electron chi connectivity index (χ2n) is 6.07. The fourth-order valence-electron chi connectivity index (χ4n) is 3.14. The third-order valence-corrected chi connectivity index (χ3v) is 9.20. The lowest BCUT2D eigenvalue weighted by Crippen LogP contribution is -2.33. The highest BCUT2D eigenvalue weighted by molar-refractivity contribution is 6.74. The third-order valence-electron chi connectivity index (χ3n) is 4.57. The maximum Gasteiger partial charge on any atom is 0.192 e. The van der Waals surface area contributed by atoms with E-state index in [0.29, 0.717) is 0 Å². The van der Waals surface area contributed by atoms with Crippen LogP contribution in [0.2, 0.25) is 18.1 Å². The molecule has 1 saturated heterocycles. The number of rotatable bonds is 11. The molecule has 0 spiro atoms. The van der Waals surface area contributed by atoms with E-state index in [1.807, 2.05) is 0 Å². The summed E-state index contributed by atoms with van der Waals surface area (Å²) in [5, 5.41) is 0. The Morgan fingerprint density at radius 3 is 1.89 bits per heavy atom. The van der Waals surface area contributed by atoms with Crippen LogP contribution in [0.4, 0.5) is 0 Å². The molecule has 1 nitrogen and oxygen atoms in total. The molecular formula is C16H34OSi. The van der Waals surface area contributed by atoms with Gasteiger partial charge in [0.15, 0.2) is 8.32 Å². The Bertz CT molecular complexity index is 188. The van der Waals surface area contributed by atoms with Crippen molar-refractivity contribution in [2.24, 2.45) is 0 Å². The van der Waals surface area contributed by atoms with Crippen LogP contribution in [-0.4, -0.2) is 14.9 Å². The first-order valence-corrected chi connectivity index (χ1v) is 11.0. The summed E-state index contributed by atoms with van der Waals surface area (Å²) in [5.41, 5.74) is 0. The van der Waals surface area contributed by atoms with E-state index in [0.717, 1.165) is 6.61 Å². The van der Waals surface area contributed by atoms with Gasteiger partial charge in [0.1, 0.15) is 0 Å². The van der Waals surface area contributed by atoms with Gasteiger partial charge in [-0.1, -0.05) is 71.6 Å². The third kappa shape index (κ3) is 6.37. The minimum atomic E-state index is -1.19. The lowest BCUT2D eigenvalue weighted by atomic mass is 10.1. The summed E-state index contributed by atoms with van der Waals surface area (Å²) >= 11 is 0. The van der Waals surface area contributed by atoms with Crippen LogP contribution in [0.25, 0.3) is 0 Å². The molecule has 0 aromatic heterocycles. The highest BCUT2D eigenvalue weighted by Gasteiger charge is 2.36.